The highest BCUT2D eigenvalue weighted by Crippen LogP contribution is 2.19. The molecular formula is C11H19NO7. The lowest BCUT2D eigenvalue weighted by Crippen LogP contribution is -2.44. The lowest BCUT2D eigenvalue weighted by molar-refractivity contribution is -0.175. The van der Waals surface area contributed by atoms with E-state index >= 15 is 0 Å². The lowest BCUT2D eigenvalue weighted by atomic mass is 9.95. The standard InChI is InChI=1S/C11H16O7.H3N/c1-4-5-18-10(14)11(15,6-8(12)16-2)7-9(13)17-3;/h4,15H,1,5-7H2,2-3H3;1H3. The van der Waals surface area contributed by atoms with E-state index in [1.165, 1.54) is 6.08 Å². The molecule has 0 aliphatic carbocycles. The molecule has 19 heavy (non-hydrogen) atoms. The number of carbonyl (C=O) groups excluding carboxylic acids is 3. The third-order valence-electron chi connectivity index (χ3n) is 2.04. The van der Waals surface area contributed by atoms with Gasteiger partial charge in [0.1, 0.15) is 6.61 Å². The topological polar surface area (TPSA) is 134 Å². The molecule has 0 atom stereocenters. The molecular weight excluding hydrogens is 258 g/mol. The van der Waals surface area contributed by atoms with Crippen LogP contribution in [-0.4, -0.2) is 49.4 Å². The van der Waals surface area contributed by atoms with E-state index in [0.29, 0.717) is 0 Å². The summed E-state index contributed by atoms with van der Waals surface area (Å²) in [6.07, 6.45) is -0.113. The van der Waals surface area contributed by atoms with Crippen molar-refractivity contribution in [2.24, 2.45) is 0 Å². The van der Waals surface area contributed by atoms with Crippen LogP contribution in [0.3, 0.4) is 0 Å². The fourth-order valence-electron chi connectivity index (χ4n) is 1.10. The van der Waals surface area contributed by atoms with Crippen molar-refractivity contribution < 1.29 is 33.7 Å². The molecule has 0 heterocycles. The van der Waals surface area contributed by atoms with Crippen LogP contribution in [-0.2, 0) is 28.6 Å². The highest BCUT2D eigenvalue weighted by Gasteiger charge is 2.43. The normalized spacial score (nSPS) is 9.84. The van der Waals surface area contributed by atoms with Crippen molar-refractivity contribution in [1.29, 1.82) is 0 Å². The van der Waals surface area contributed by atoms with Crippen LogP contribution in [0.2, 0.25) is 0 Å². The minimum absolute atomic E-state index is 0. The molecule has 8 nitrogen and oxygen atoms in total. The number of hydrogen-bond donors (Lipinski definition) is 2. The molecule has 0 spiro atoms. The van der Waals surface area contributed by atoms with Crippen molar-refractivity contribution in [1.82, 2.24) is 6.15 Å². The number of ether oxygens (including phenoxy) is 3. The van der Waals surface area contributed by atoms with Gasteiger partial charge in [-0.2, -0.15) is 0 Å². The number of methoxy groups -OCH3 is 2. The Kier molecular flexibility index (Phi) is 9.26. The highest BCUT2D eigenvalue weighted by molar-refractivity contribution is 5.90. The van der Waals surface area contributed by atoms with Crippen molar-refractivity contribution >= 4 is 17.9 Å². The van der Waals surface area contributed by atoms with E-state index in [9.17, 15) is 19.5 Å². The summed E-state index contributed by atoms with van der Waals surface area (Å²) in [5, 5.41) is 10.00. The minimum atomic E-state index is -2.30. The predicted molar refractivity (Wildman–Crippen MR) is 64.4 cm³/mol. The summed E-state index contributed by atoms with van der Waals surface area (Å²) < 4.78 is 13.3. The van der Waals surface area contributed by atoms with Gasteiger partial charge >= 0.3 is 17.9 Å². The van der Waals surface area contributed by atoms with Gasteiger partial charge in [0, 0.05) is 0 Å². The Labute approximate surface area is 110 Å². The first-order valence-corrected chi connectivity index (χ1v) is 5.03. The summed E-state index contributed by atoms with van der Waals surface area (Å²) in [5.74, 6) is -2.81. The largest absolute Gasteiger partial charge is 0.469 e. The lowest BCUT2D eigenvalue weighted by Gasteiger charge is -2.23. The van der Waals surface area contributed by atoms with Gasteiger partial charge in [0.25, 0.3) is 0 Å². The van der Waals surface area contributed by atoms with E-state index in [4.69, 9.17) is 0 Å². The van der Waals surface area contributed by atoms with E-state index in [2.05, 4.69) is 20.8 Å². The number of carbonyl (C=O) groups is 3. The van der Waals surface area contributed by atoms with Gasteiger partial charge in [-0.15, -0.1) is 0 Å². The maximum atomic E-state index is 11.6. The van der Waals surface area contributed by atoms with E-state index in [1.807, 2.05) is 0 Å². The Bertz CT molecular complexity index is 322. The second kappa shape index (κ2) is 9.06. The van der Waals surface area contributed by atoms with Crippen LogP contribution in [0.15, 0.2) is 12.7 Å². The molecule has 0 aliphatic heterocycles. The smallest absolute Gasteiger partial charge is 0.339 e. The average molecular weight is 277 g/mol. The number of rotatable bonds is 7. The summed E-state index contributed by atoms with van der Waals surface area (Å²) in [6, 6.07) is 0. The summed E-state index contributed by atoms with van der Waals surface area (Å²) in [5.41, 5.74) is -2.30. The molecule has 0 aromatic rings. The molecule has 0 rings (SSSR count). The highest BCUT2D eigenvalue weighted by atomic mass is 16.6. The van der Waals surface area contributed by atoms with Crippen LogP contribution >= 0.6 is 0 Å². The Morgan fingerprint density at radius 3 is 1.89 bits per heavy atom. The van der Waals surface area contributed by atoms with Crippen molar-refractivity contribution in [3.8, 4) is 0 Å². The van der Waals surface area contributed by atoms with Gasteiger partial charge in [-0.05, 0) is 0 Å². The molecule has 110 valence electrons. The summed E-state index contributed by atoms with van der Waals surface area (Å²) in [4.78, 5) is 33.8. The van der Waals surface area contributed by atoms with E-state index in [1.54, 1.807) is 0 Å². The first kappa shape index (κ1) is 19.4. The van der Waals surface area contributed by atoms with Gasteiger partial charge in [-0.1, -0.05) is 12.7 Å². The first-order chi connectivity index (χ1) is 8.39. The molecule has 0 aliphatic rings. The molecule has 0 aromatic carbocycles. The molecule has 4 N–H and O–H groups in total. The molecule has 0 fully saturated rings. The number of esters is 3. The summed E-state index contributed by atoms with van der Waals surface area (Å²) >= 11 is 0. The molecule has 8 heteroatoms. The number of aliphatic hydroxyl groups is 1. The zero-order valence-electron chi connectivity index (χ0n) is 11.0. The van der Waals surface area contributed by atoms with E-state index in [0.717, 1.165) is 14.2 Å². The summed E-state index contributed by atoms with van der Waals surface area (Å²) in [7, 11) is 2.19. The Hall–Kier alpha value is -1.93. The quantitative estimate of drug-likeness (QED) is 0.369. The van der Waals surface area contributed by atoms with Crippen LogP contribution in [0.5, 0.6) is 0 Å². The Balaban J connectivity index is 0. The molecule has 0 amide bonds. The molecule has 0 saturated heterocycles. The predicted octanol–water partition coefficient (Wildman–Crippen LogP) is -0.265. The van der Waals surface area contributed by atoms with Crippen molar-refractivity contribution in [2.75, 3.05) is 20.8 Å². The van der Waals surface area contributed by atoms with Crippen LogP contribution in [0.4, 0.5) is 0 Å². The third kappa shape index (κ3) is 6.53. The molecule has 0 bridgehead atoms. The van der Waals surface area contributed by atoms with Gasteiger partial charge in [0.05, 0.1) is 27.1 Å². The van der Waals surface area contributed by atoms with Crippen molar-refractivity contribution in [3.05, 3.63) is 12.7 Å². The molecule has 0 unspecified atom stereocenters. The maximum Gasteiger partial charge on any atom is 0.339 e. The summed E-state index contributed by atoms with van der Waals surface area (Å²) in [6.45, 7) is 3.18. The second-order valence-corrected chi connectivity index (χ2v) is 3.42. The second-order valence-electron chi connectivity index (χ2n) is 3.42. The van der Waals surface area contributed by atoms with Crippen molar-refractivity contribution in [3.63, 3.8) is 0 Å². The molecule has 0 aromatic heterocycles. The fourth-order valence-corrected chi connectivity index (χ4v) is 1.10. The first-order valence-electron chi connectivity index (χ1n) is 5.03. The molecule has 0 saturated carbocycles. The zero-order chi connectivity index (χ0) is 14.2. The fraction of sp³-hybridized carbons (Fsp3) is 0.545. The van der Waals surface area contributed by atoms with E-state index in [-0.39, 0.29) is 12.8 Å². The van der Waals surface area contributed by atoms with Crippen molar-refractivity contribution in [2.45, 2.75) is 18.4 Å². The van der Waals surface area contributed by atoms with Gasteiger partial charge in [0.2, 0.25) is 0 Å². The average Bonchev–Trinajstić information content (AvgIpc) is 2.35. The van der Waals surface area contributed by atoms with Crippen LogP contribution < -0.4 is 6.15 Å². The van der Waals surface area contributed by atoms with Gasteiger partial charge in [-0.25, -0.2) is 4.79 Å². The Morgan fingerprint density at radius 2 is 1.58 bits per heavy atom. The monoisotopic (exact) mass is 277 g/mol. The van der Waals surface area contributed by atoms with Crippen LogP contribution in [0.25, 0.3) is 0 Å². The SMILES string of the molecule is C=CCOC(=O)C(O)(CC(=O)OC)CC(=O)OC.N. The van der Waals surface area contributed by atoms with Gasteiger partial charge in [-0.3, -0.25) is 9.59 Å². The van der Waals surface area contributed by atoms with Crippen LogP contribution in [0.1, 0.15) is 12.8 Å². The maximum absolute atomic E-state index is 11.6. The minimum Gasteiger partial charge on any atom is -0.469 e. The van der Waals surface area contributed by atoms with Gasteiger partial charge < -0.3 is 25.5 Å². The van der Waals surface area contributed by atoms with E-state index < -0.39 is 36.4 Å². The van der Waals surface area contributed by atoms with Gasteiger partial charge in [0.15, 0.2) is 5.60 Å². The number of hydrogen-bond acceptors (Lipinski definition) is 8. The van der Waals surface area contributed by atoms with Crippen LogP contribution in [0, 0.1) is 0 Å². The Morgan fingerprint density at radius 1 is 1.16 bits per heavy atom. The zero-order valence-corrected chi connectivity index (χ0v) is 11.0. The molecule has 0 radical (unpaired) electrons. The third-order valence-corrected chi connectivity index (χ3v) is 2.04.